The number of aromatic amines is 1. The van der Waals surface area contributed by atoms with Gasteiger partial charge in [-0.05, 0) is 158 Å². The molecule has 2 aliphatic rings. The molecule has 78 heavy (non-hydrogen) atoms. The van der Waals surface area contributed by atoms with Crippen LogP contribution in [0, 0.1) is 51.0 Å². The molecule has 12 rings (SSSR count). The monoisotopic (exact) mass is 1060 g/mol. The van der Waals surface area contributed by atoms with Gasteiger partial charge in [0.1, 0.15) is 52.0 Å². The molecule has 3 N–H and O–H groups in total. The molecule has 0 bridgehead atoms. The Hall–Kier alpha value is -8.49. The summed E-state index contributed by atoms with van der Waals surface area (Å²) >= 11 is 0. The van der Waals surface area contributed by atoms with E-state index < -0.39 is 46.2 Å². The van der Waals surface area contributed by atoms with Gasteiger partial charge in [-0.2, -0.15) is 0 Å². The Kier molecular flexibility index (Phi) is 13.5. The molecular weight excluding hydrogens is 1010 g/mol. The van der Waals surface area contributed by atoms with E-state index in [-0.39, 0.29) is 47.2 Å². The predicted octanol–water partition coefficient (Wildman–Crippen LogP) is 12.0. The summed E-state index contributed by atoms with van der Waals surface area (Å²) in [4.78, 5) is 43.6. The summed E-state index contributed by atoms with van der Waals surface area (Å²) in [5.74, 6) is 0.518. The van der Waals surface area contributed by atoms with Crippen molar-refractivity contribution in [3.05, 3.63) is 189 Å². The maximum atomic E-state index is 14.0. The molecule has 0 atom stereocenters. The van der Waals surface area contributed by atoms with Gasteiger partial charge in [0.25, 0.3) is 0 Å². The van der Waals surface area contributed by atoms with E-state index >= 15 is 0 Å². The van der Waals surface area contributed by atoms with Gasteiger partial charge in [0.2, 0.25) is 0 Å². The number of H-pyrrole nitrogens is 1. The zero-order chi connectivity index (χ0) is 54.3. The molecule has 2 aliphatic carbocycles. The van der Waals surface area contributed by atoms with Crippen LogP contribution >= 0.6 is 0 Å². The number of fused-ring (bicyclic) bond motifs is 2. The number of pyridine rings is 4. The summed E-state index contributed by atoms with van der Waals surface area (Å²) in [7, 11) is 0. The van der Waals surface area contributed by atoms with Gasteiger partial charge in [-0.1, -0.05) is 17.7 Å². The van der Waals surface area contributed by atoms with Gasteiger partial charge in [0.05, 0.1) is 81.0 Å². The third kappa shape index (κ3) is 9.59. The molecule has 10 aromatic rings. The van der Waals surface area contributed by atoms with Gasteiger partial charge in [-0.15, -0.1) is 0 Å². The number of ether oxygens (including phenoxy) is 1. The number of aromatic nitrogens is 10. The number of hydrogen-bond acceptors (Lipinski definition) is 14. The highest BCUT2D eigenvalue weighted by Crippen LogP contribution is 2.47. The Balaban J connectivity index is 0.000000177. The summed E-state index contributed by atoms with van der Waals surface area (Å²) in [6.45, 7) is 12.5. The minimum Gasteiger partial charge on any atom is -0.443 e. The molecular formula is C58H54F4N10O6. The van der Waals surface area contributed by atoms with Crippen LogP contribution in [0.3, 0.4) is 0 Å². The average Bonchev–Trinajstić information content (AvgIpc) is 4.44. The van der Waals surface area contributed by atoms with Gasteiger partial charge in [-0.25, -0.2) is 36.9 Å². The Morgan fingerprint density at radius 3 is 1.41 bits per heavy atom. The number of nitrogens with one attached hydrogen (secondary N) is 1. The number of aryl methyl sites for hydroxylation is 4. The number of nitrogens with zero attached hydrogens (tertiary/aromatic N) is 9. The van der Waals surface area contributed by atoms with Crippen LogP contribution in [0.2, 0.25) is 0 Å². The molecule has 16 nitrogen and oxygen atoms in total. The van der Waals surface area contributed by atoms with Crippen molar-refractivity contribution in [2.24, 2.45) is 0 Å². The van der Waals surface area contributed by atoms with Crippen LogP contribution in [0.1, 0.15) is 134 Å². The summed E-state index contributed by atoms with van der Waals surface area (Å²) < 4.78 is 73.6. The lowest BCUT2D eigenvalue weighted by molar-refractivity contribution is 0.0538. The van der Waals surface area contributed by atoms with E-state index in [1.54, 1.807) is 52.8 Å². The second kappa shape index (κ2) is 19.8. The molecule has 2 fully saturated rings. The summed E-state index contributed by atoms with van der Waals surface area (Å²) in [5.41, 5.74) is 1.98. The highest BCUT2D eigenvalue weighted by Gasteiger charge is 2.44. The van der Waals surface area contributed by atoms with E-state index in [2.05, 4.69) is 35.2 Å². The molecule has 2 saturated carbocycles. The molecule has 20 heteroatoms. The van der Waals surface area contributed by atoms with E-state index in [0.717, 1.165) is 67.4 Å². The van der Waals surface area contributed by atoms with Crippen LogP contribution in [-0.2, 0) is 15.9 Å². The molecule has 0 amide bonds. The number of aliphatic hydroxyl groups is 2. The molecule has 8 heterocycles. The molecule has 400 valence electrons. The molecule has 8 aromatic heterocycles. The van der Waals surface area contributed by atoms with Gasteiger partial charge in [0.15, 0.2) is 11.2 Å². The average molecular weight is 1060 g/mol. The van der Waals surface area contributed by atoms with Gasteiger partial charge >= 0.3 is 6.09 Å². The third-order valence-corrected chi connectivity index (χ3v) is 13.7. The van der Waals surface area contributed by atoms with Crippen LogP contribution in [0.15, 0.2) is 107 Å². The quantitative estimate of drug-likeness (QED) is 0.109. The Bertz CT molecular complexity index is 3750. The minimum absolute atomic E-state index is 0. The van der Waals surface area contributed by atoms with Crippen LogP contribution in [-0.4, -0.2) is 71.7 Å². The molecule has 0 unspecified atom stereocenters. The van der Waals surface area contributed by atoms with E-state index in [9.17, 15) is 32.6 Å². The highest BCUT2D eigenvalue weighted by molar-refractivity contribution is 5.94. The maximum Gasteiger partial charge on any atom is 0.420 e. The zero-order valence-electron chi connectivity index (χ0n) is 42.8. The first kappa shape index (κ1) is 52.9. The Labute approximate surface area is 444 Å². The normalized spacial score (nSPS) is 13.9. The van der Waals surface area contributed by atoms with Gasteiger partial charge in [-0.3, -0.25) is 19.9 Å². The Morgan fingerprint density at radius 2 is 1.04 bits per heavy atom. The van der Waals surface area contributed by atoms with Crippen molar-refractivity contribution >= 4 is 28.2 Å². The number of imidazole rings is 2. The van der Waals surface area contributed by atoms with Crippen molar-refractivity contribution in [2.75, 3.05) is 0 Å². The number of halogens is 4. The summed E-state index contributed by atoms with van der Waals surface area (Å²) in [5, 5.41) is 33.2. The lowest BCUT2D eigenvalue weighted by atomic mass is 9.83. The largest absolute Gasteiger partial charge is 0.443 e. The van der Waals surface area contributed by atoms with E-state index in [0.29, 0.717) is 67.9 Å². The number of hydrogen-bond donors (Lipinski definition) is 3. The summed E-state index contributed by atoms with van der Waals surface area (Å²) in [6.07, 6.45) is 7.14. The van der Waals surface area contributed by atoms with E-state index in [1.807, 2.05) is 19.9 Å². The number of carbonyl (C=O) groups is 1. The minimum atomic E-state index is -2.14. The van der Waals surface area contributed by atoms with Gasteiger partial charge < -0.3 is 29.0 Å². The lowest BCUT2D eigenvalue weighted by Gasteiger charge is -2.28. The lowest BCUT2D eigenvalue weighted by Crippen LogP contribution is -2.32. The number of benzene rings is 2. The first-order valence-electron chi connectivity index (χ1n) is 24.8. The third-order valence-electron chi connectivity index (χ3n) is 13.7. The SMILES string of the molecule is C.Cc1noc(C)c1-c1cc(C(O)(c2ccc(F)cn2)c2ccc(F)cn2)c2nc(C3CC3)[nH]c2c1.Cc1noc(C)c1-c1cc(C(O)(c2ccc(F)cn2)c2ccc(F)cn2)c2nc(C3CC3)n(C(=O)OC(C)(C)C)c2c1. The zero-order valence-corrected chi connectivity index (χ0v) is 42.8. The molecule has 2 aromatic carbocycles. The Morgan fingerprint density at radius 1 is 0.615 bits per heavy atom. The highest BCUT2D eigenvalue weighted by atomic mass is 19.1. The summed E-state index contributed by atoms with van der Waals surface area (Å²) in [6, 6.07) is 17.4. The van der Waals surface area contributed by atoms with Crippen molar-refractivity contribution in [1.29, 1.82) is 0 Å². The first-order chi connectivity index (χ1) is 36.7. The van der Waals surface area contributed by atoms with Crippen molar-refractivity contribution in [3.8, 4) is 22.3 Å². The fraction of sp³-hybridized carbons (Fsp3) is 0.293. The fourth-order valence-electron chi connectivity index (χ4n) is 9.80. The fourth-order valence-corrected chi connectivity index (χ4v) is 9.80. The van der Waals surface area contributed by atoms with Crippen molar-refractivity contribution in [1.82, 2.24) is 49.8 Å². The predicted molar refractivity (Wildman–Crippen MR) is 279 cm³/mol. The van der Waals surface area contributed by atoms with E-state index in [4.69, 9.17) is 23.8 Å². The second-order valence-corrected chi connectivity index (χ2v) is 20.5. The van der Waals surface area contributed by atoms with Crippen molar-refractivity contribution in [3.63, 3.8) is 0 Å². The van der Waals surface area contributed by atoms with Crippen LogP contribution < -0.4 is 0 Å². The number of rotatable bonds is 10. The molecule has 0 spiro atoms. The molecule has 0 aliphatic heterocycles. The van der Waals surface area contributed by atoms with Gasteiger partial charge in [0, 0.05) is 34.1 Å². The van der Waals surface area contributed by atoms with Crippen LogP contribution in [0.4, 0.5) is 22.4 Å². The van der Waals surface area contributed by atoms with E-state index in [1.165, 1.54) is 53.1 Å². The molecule has 0 saturated heterocycles. The van der Waals surface area contributed by atoms with Crippen LogP contribution in [0.25, 0.3) is 44.3 Å². The maximum absolute atomic E-state index is 14.0. The topological polar surface area (TPSA) is 217 Å². The van der Waals surface area contributed by atoms with Crippen LogP contribution in [0.5, 0.6) is 0 Å². The standard InChI is InChI=1S/C31H29F2N5O4.C26H21F2N5O2.CH4/c1-16-26(17(2)42-37-16)19-12-22(31(40,24-10-8-20(32)14-34-24)25-11-9-21(33)15-35-25)27-23(13-19)38(28(36-27)18-6-7-18)29(39)41-30(3,4)5;1-13-23(14(2)35-33-13)16-9-19(24-20(10-16)31-25(32-24)15-3-4-15)26(34,21-7-5-17(27)11-29-21)22-8-6-18(28)12-30-22;/h8-15,18,40H,6-7H2,1-5H3;5-12,15,34H,3-4H2,1-2H3,(H,31,32);1H4. The second-order valence-electron chi connectivity index (χ2n) is 20.5. The first-order valence-corrected chi connectivity index (χ1v) is 24.8. The van der Waals surface area contributed by atoms with Crippen molar-refractivity contribution < 1.29 is 46.4 Å². The van der Waals surface area contributed by atoms with Crippen molar-refractivity contribution in [2.45, 2.75) is 110 Å². The smallest absolute Gasteiger partial charge is 0.420 e. The molecule has 0 radical (unpaired) electrons. The number of carbonyl (C=O) groups excluding carboxylic acids is 1.